The number of benzene rings is 1. The van der Waals surface area contributed by atoms with Crippen molar-refractivity contribution in [3.8, 4) is 5.75 Å². The van der Waals surface area contributed by atoms with Crippen molar-refractivity contribution in [1.82, 2.24) is 4.90 Å². The summed E-state index contributed by atoms with van der Waals surface area (Å²) < 4.78 is 10.8. The SMILES string of the molecule is COCC(=O)N1CCC(Oc2ccc(C)cc2)CC1. The molecule has 1 heterocycles. The number of rotatable bonds is 4. The molecule has 0 N–H and O–H groups in total. The van der Waals surface area contributed by atoms with E-state index in [9.17, 15) is 4.79 Å². The lowest BCUT2D eigenvalue weighted by molar-refractivity contribution is -0.136. The number of ether oxygens (including phenoxy) is 2. The molecule has 0 atom stereocenters. The number of hydrogen-bond acceptors (Lipinski definition) is 3. The van der Waals surface area contributed by atoms with Crippen LogP contribution in [0.2, 0.25) is 0 Å². The van der Waals surface area contributed by atoms with Crippen LogP contribution in [0.25, 0.3) is 0 Å². The highest BCUT2D eigenvalue weighted by Crippen LogP contribution is 2.19. The first-order valence-corrected chi connectivity index (χ1v) is 6.69. The van der Waals surface area contributed by atoms with Gasteiger partial charge in [0.2, 0.25) is 5.91 Å². The van der Waals surface area contributed by atoms with Gasteiger partial charge in [0.25, 0.3) is 0 Å². The maximum Gasteiger partial charge on any atom is 0.248 e. The molecule has 1 saturated heterocycles. The number of carbonyl (C=O) groups excluding carboxylic acids is 1. The monoisotopic (exact) mass is 263 g/mol. The summed E-state index contributed by atoms with van der Waals surface area (Å²) >= 11 is 0. The maximum absolute atomic E-state index is 11.7. The Hall–Kier alpha value is -1.55. The fourth-order valence-electron chi connectivity index (χ4n) is 2.25. The molecule has 0 radical (unpaired) electrons. The van der Waals surface area contributed by atoms with Crippen LogP contribution in [0.4, 0.5) is 0 Å². The zero-order chi connectivity index (χ0) is 13.7. The van der Waals surface area contributed by atoms with E-state index < -0.39 is 0 Å². The molecule has 0 aliphatic carbocycles. The number of piperidine rings is 1. The second kappa shape index (κ2) is 6.57. The Bertz CT molecular complexity index is 408. The predicted octanol–water partition coefficient (Wildman–Crippen LogP) is 2.01. The number of nitrogens with zero attached hydrogens (tertiary/aromatic N) is 1. The Morgan fingerprint density at radius 3 is 2.47 bits per heavy atom. The van der Waals surface area contributed by atoms with Crippen molar-refractivity contribution in [3.63, 3.8) is 0 Å². The van der Waals surface area contributed by atoms with E-state index in [-0.39, 0.29) is 18.6 Å². The second-order valence-electron chi connectivity index (χ2n) is 4.94. The van der Waals surface area contributed by atoms with E-state index in [1.54, 1.807) is 7.11 Å². The molecule has 0 saturated carbocycles. The van der Waals surface area contributed by atoms with Crippen molar-refractivity contribution in [2.24, 2.45) is 0 Å². The summed E-state index contributed by atoms with van der Waals surface area (Å²) in [7, 11) is 1.55. The highest BCUT2D eigenvalue weighted by atomic mass is 16.5. The molecule has 1 amide bonds. The predicted molar refractivity (Wildman–Crippen MR) is 73.3 cm³/mol. The first-order chi connectivity index (χ1) is 9.19. The lowest BCUT2D eigenvalue weighted by Crippen LogP contribution is -2.43. The Labute approximate surface area is 114 Å². The van der Waals surface area contributed by atoms with Gasteiger partial charge in [-0.1, -0.05) is 17.7 Å². The van der Waals surface area contributed by atoms with Gasteiger partial charge in [0, 0.05) is 33.0 Å². The van der Waals surface area contributed by atoms with Crippen LogP contribution < -0.4 is 4.74 Å². The van der Waals surface area contributed by atoms with Crippen molar-refractivity contribution in [3.05, 3.63) is 29.8 Å². The van der Waals surface area contributed by atoms with Crippen LogP contribution >= 0.6 is 0 Å². The molecule has 104 valence electrons. The minimum atomic E-state index is 0.0660. The Balaban J connectivity index is 1.80. The molecule has 2 rings (SSSR count). The average Bonchev–Trinajstić information content (AvgIpc) is 2.42. The van der Waals surface area contributed by atoms with Crippen molar-refractivity contribution >= 4 is 5.91 Å². The quantitative estimate of drug-likeness (QED) is 0.834. The van der Waals surface area contributed by atoms with Gasteiger partial charge in [-0.3, -0.25) is 4.79 Å². The summed E-state index contributed by atoms with van der Waals surface area (Å²) in [6, 6.07) is 8.09. The van der Waals surface area contributed by atoms with Gasteiger partial charge in [-0.05, 0) is 19.1 Å². The molecule has 4 nitrogen and oxygen atoms in total. The number of carbonyl (C=O) groups is 1. The third-order valence-electron chi connectivity index (χ3n) is 3.39. The van der Waals surface area contributed by atoms with Crippen LogP contribution in [0.15, 0.2) is 24.3 Å². The molecule has 1 aliphatic heterocycles. The van der Waals surface area contributed by atoms with Crippen LogP contribution in [0.5, 0.6) is 5.75 Å². The summed E-state index contributed by atoms with van der Waals surface area (Å²) in [5.74, 6) is 0.976. The molecule has 0 spiro atoms. The molecule has 0 bridgehead atoms. The van der Waals surface area contributed by atoms with Gasteiger partial charge in [-0.15, -0.1) is 0 Å². The maximum atomic E-state index is 11.7. The molecule has 0 aromatic heterocycles. The molecular formula is C15H21NO3. The summed E-state index contributed by atoms with van der Waals surface area (Å²) in [6.45, 7) is 3.73. The van der Waals surface area contributed by atoms with E-state index in [1.165, 1.54) is 5.56 Å². The van der Waals surface area contributed by atoms with Gasteiger partial charge in [0.05, 0.1) is 0 Å². The molecule has 1 aliphatic rings. The zero-order valence-corrected chi connectivity index (χ0v) is 11.6. The number of likely N-dealkylation sites (tertiary alicyclic amines) is 1. The number of aryl methyl sites for hydroxylation is 1. The van der Waals surface area contributed by atoms with Gasteiger partial charge >= 0.3 is 0 Å². The third kappa shape index (κ3) is 3.96. The molecule has 1 fully saturated rings. The van der Waals surface area contributed by atoms with E-state index in [2.05, 4.69) is 6.92 Å². The second-order valence-corrected chi connectivity index (χ2v) is 4.94. The molecule has 1 aromatic rings. The lowest BCUT2D eigenvalue weighted by Gasteiger charge is -2.32. The van der Waals surface area contributed by atoms with Gasteiger partial charge in [0.1, 0.15) is 18.5 Å². The molecular weight excluding hydrogens is 242 g/mol. The summed E-state index contributed by atoms with van der Waals surface area (Å²) in [4.78, 5) is 13.5. The van der Waals surface area contributed by atoms with Crippen molar-refractivity contribution in [2.45, 2.75) is 25.9 Å². The lowest BCUT2D eigenvalue weighted by atomic mass is 10.1. The topological polar surface area (TPSA) is 38.8 Å². The fraction of sp³-hybridized carbons (Fsp3) is 0.533. The summed E-state index contributed by atoms with van der Waals surface area (Å²) in [5.41, 5.74) is 1.23. The molecule has 19 heavy (non-hydrogen) atoms. The highest BCUT2D eigenvalue weighted by Gasteiger charge is 2.23. The third-order valence-corrected chi connectivity index (χ3v) is 3.39. The Morgan fingerprint density at radius 1 is 1.26 bits per heavy atom. The minimum Gasteiger partial charge on any atom is -0.490 e. The van der Waals surface area contributed by atoms with E-state index in [0.29, 0.717) is 0 Å². The minimum absolute atomic E-state index is 0.0660. The van der Waals surface area contributed by atoms with E-state index >= 15 is 0 Å². The first kappa shape index (κ1) is 13.9. The highest BCUT2D eigenvalue weighted by molar-refractivity contribution is 5.77. The van der Waals surface area contributed by atoms with Crippen molar-refractivity contribution < 1.29 is 14.3 Å². The van der Waals surface area contributed by atoms with E-state index in [1.807, 2.05) is 29.2 Å². The standard InChI is InChI=1S/C15H21NO3/c1-12-3-5-13(6-4-12)19-14-7-9-16(10-8-14)15(17)11-18-2/h3-6,14H,7-11H2,1-2H3. The Morgan fingerprint density at radius 2 is 1.89 bits per heavy atom. The molecule has 1 aromatic carbocycles. The smallest absolute Gasteiger partial charge is 0.248 e. The normalized spacial score (nSPS) is 16.4. The summed E-state index contributed by atoms with van der Waals surface area (Å²) in [5, 5.41) is 0. The van der Waals surface area contributed by atoms with Gasteiger partial charge in [-0.2, -0.15) is 0 Å². The van der Waals surface area contributed by atoms with Crippen LogP contribution in [-0.4, -0.2) is 43.7 Å². The molecule has 0 unspecified atom stereocenters. The summed E-state index contributed by atoms with van der Waals surface area (Å²) in [6.07, 6.45) is 1.96. The van der Waals surface area contributed by atoms with Crippen LogP contribution in [0.1, 0.15) is 18.4 Å². The Kier molecular flexibility index (Phi) is 4.80. The van der Waals surface area contributed by atoms with Crippen LogP contribution in [-0.2, 0) is 9.53 Å². The van der Waals surface area contributed by atoms with Crippen LogP contribution in [0, 0.1) is 6.92 Å². The number of methoxy groups -OCH3 is 1. The number of hydrogen-bond donors (Lipinski definition) is 0. The largest absolute Gasteiger partial charge is 0.490 e. The number of amides is 1. The first-order valence-electron chi connectivity index (χ1n) is 6.69. The van der Waals surface area contributed by atoms with E-state index in [4.69, 9.17) is 9.47 Å². The van der Waals surface area contributed by atoms with Crippen LogP contribution in [0.3, 0.4) is 0 Å². The van der Waals surface area contributed by atoms with Gasteiger partial charge in [0.15, 0.2) is 0 Å². The average molecular weight is 263 g/mol. The fourth-order valence-corrected chi connectivity index (χ4v) is 2.25. The zero-order valence-electron chi connectivity index (χ0n) is 11.6. The van der Waals surface area contributed by atoms with Gasteiger partial charge in [-0.25, -0.2) is 0 Å². The van der Waals surface area contributed by atoms with Crippen molar-refractivity contribution in [2.75, 3.05) is 26.8 Å². The van der Waals surface area contributed by atoms with Gasteiger partial charge < -0.3 is 14.4 Å². The molecule has 4 heteroatoms. The van der Waals surface area contributed by atoms with Crippen molar-refractivity contribution in [1.29, 1.82) is 0 Å². The van der Waals surface area contributed by atoms with E-state index in [0.717, 1.165) is 31.7 Å².